The predicted octanol–water partition coefficient (Wildman–Crippen LogP) is 3.44. The third kappa shape index (κ3) is 4.25. The Bertz CT molecular complexity index is 591. The number of benzene rings is 1. The number of amides is 1. The van der Waals surface area contributed by atoms with Crippen molar-refractivity contribution in [1.29, 1.82) is 0 Å². The smallest absolute Gasteiger partial charge is 0.372 e. The van der Waals surface area contributed by atoms with Crippen LogP contribution in [0, 0.1) is 0 Å². The van der Waals surface area contributed by atoms with Gasteiger partial charge in [0, 0.05) is 24.5 Å². The van der Waals surface area contributed by atoms with Crippen LogP contribution in [0.3, 0.4) is 0 Å². The molecule has 2 rings (SSSR count). The van der Waals surface area contributed by atoms with Crippen LogP contribution in [0.2, 0.25) is 0 Å². The number of hydrogen-bond donors (Lipinski definition) is 1. The Hall–Kier alpha value is -2.02. The van der Waals surface area contributed by atoms with E-state index in [1.807, 2.05) is 13.8 Å². The fourth-order valence-corrected chi connectivity index (χ4v) is 2.68. The van der Waals surface area contributed by atoms with Crippen molar-refractivity contribution in [3.63, 3.8) is 0 Å². The lowest BCUT2D eigenvalue weighted by Gasteiger charge is -2.38. The third-order valence-electron chi connectivity index (χ3n) is 3.52. The molecule has 23 heavy (non-hydrogen) atoms. The second kappa shape index (κ2) is 6.62. The van der Waals surface area contributed by atoms with Crippen molar-refractivity contribution in [3.05, 3.63) is 36.4 Å². The van der Waals surface area contributed by atoms with E-state index in [1.54, 1.807) is 4.90 Å². The van der Waals surface area contributed by atoms with Gasteiger partial charge in [-0.3, -0.25) is 4.79 Å². The maximum atomic E-state index is 13.4. The van der Waals surface area contributed by atoms with Crippen molar-refractivity contribution in [3.8, 4) is 0 Å². The molecule has 0 spiro atoms. The summed E-state index contributed by atoms with van der Waals surface area (Å²) in [5, 5.41) is 2.35. The maximum Gasteiger partial charge on any atom is 0.418 e. The molecular formula is C16H19F3N2O2. The molecule has 7 heteroatoms. The largest absolute Gasteiger partial charge is 0.418 e. The molecule has 0 unspecified atom stereocenters. The number of nitrogens with zero attached hydrogens (tertiary/aromatic N) is 1. The molecular weight excluding hydrogens is 309 g/mol. The van der Waals surface area contributed by atoms with Gasteiger partial charge in [0.05, 0.1) is 17.8 Å². The first-order chi connectivity index (χ1) is 10.7. The van der Waals surface area contributed by atoms with Crippen LogP contribution in [0.1, 0.15) is 19.4 Å². The van der Waals surface area contributed by atoms with E-state index in [4.69, 9.17) is 4.74 Å². The number of morpholine rings is 1. The number of carbonyl (C=O) groups excluding carboxylic acids is 1. The molecule has 1 N–H and O–H groups in total. The predicted molar refractivity (Wildman–Crippen MR) is 82.5 cm³/mol. The van der Waals surface area contributed by atoms with Gasteiger partial charge in [0.15, 0.2) is 0 Å². The first-order valence-corrected chi connectivity index (χ1v) is 7.25. The van der Waals surface area contributed by atoms with Crippen molar-refractivity contribution in [2.24, 2.45) is 0 Å². The van der Waals surface area contributed by atoms with Gasteiger partial charge in [-0.25, -0.2) is 0 Å². The summed E-state index contributed by atoms with van der Waals surface area (Å²) in [6.07, 6.45) is -3.82. The molecule has 0 aromatic heterocycles. The van der Waals surface area contributed by atoms with Crippen molar-refractivity contribution < 1.29 is 22.7 Å². The van der Waals surface area contributed by atoms with E-state index < -0.39 is 17.6 Å². The second-order valence-corrected chi connectivity index (χ2v) is 5.59. The summed E-state index contributed by atoms with van der Waals surface area (Å²) in [6.45, 7) is 7.70. The normalized spacial score (nSPS) is 21.9. The van der Waals surface area contributed by atoms with Gasteiger partial charge < -0.3 is 15.0 Å². The summed E-state index contributed by atoms with van der Waals surface area (Å²) in [4.78, 5) is 12.9. The van der Waals surface area contributed by atoms with Crippen LogP contribution in [0.15, 0.2) is 30.9 Å². The van der Waals surface area contributed by atoms with Crippen molar-refractivity contribution in [1.82, 2.24) is 0 Å². The van der Waals surface area contributed by atoms with Crippen LogP contribution in [-0.2, 0) is 15.7 Å². The first-order valence-electron chi connectivity index (χ1n) is 7.25. The molecule has 1 heterocycles. The Balaban J connectivity index is 2.38. The van der Waals surface area contributed by atoms with Gasteiger partial charge in [0.25, 0.3) is 0 Å². The summed E-state index contributed by atoms with van der Waals surface area (Å²) in [5.74, 6) is -0.556. The minimum Gasteiger partial charge on any atom is -0.372 e. The Labute approximate surface area is 132 Å². The van der Waals surface area contributed by atoms with Gasteiger partial charge >= 0.3 is 6.18 Å². The minimum absolute atomic E-state index is 0.0836. The van der Waals surface area contributed by atoms with Crippen LogP contribution >= 0.6 is 0 Å². The fourth-order valence-electron chi connectivity index (χ4n) is 2.68. The van der Waals surface area contributed by atoms with Gasteiger partial charge in [-0.05, 0) is 38.1 Å². The zero-order chi connectivity index (χ0) is 17.2. The summed E-state index contributed by atoms with van der Waals surface area (Å²) in [6, 6.07) is 3.78. The molecule has 2 atom stereocenters. The highest BCUT2D eigenvalue weighted by Gasteiger charge is 2.36. The van der Waals surface area contributed by atoms with E-state index in [0.717, 1.165) is 12.1 Å². The number of anilines is 2. The van der Waals surface area contributed by atoms with Gasteiger partial charge in [-0.15, -0.1) is 0 Å². The monoisotopic (exact) mass is 328 g/mol. The Kier molecular flexibility index (Phi) is 4.99. The third-order valence-corrected chi connectivity index (χ3v) is 3.52. The highest BCUT2D eigenvalue weighted by atomic mass is 19.4. The van der Waals surface area contributed by atoms with E-state index in [2.05, 4.69) is 11.9 Å². The average Bonchev–Trinajstić information content (AvgIpc) is 2.45. The van der Waals surface area contributed by atoms with Gasteiger partial charge in [-0.2, -0.15) is 13.2 Å². The maximum absolute atomic E-state index is 13.4. The summed E-state index contributed by atoms with van der Waals surface area (Å²) < 4.78 is 45.8. The Morgan fingerprint density at radius 3 is 2.48 bits per heavy atom. The fraction of sp³-hybridized carbons (Fsp3) is 0.438. The molecule has 4 nitrogen and oxygen atoms in total. The summed E-state index contributed by atoms with van der Waals surface area (Å²) in [5.41, 5.74) is -0.600. The molecule has 126 valence electrons. The lowest BCUT2D eigenvalue weighted by atomic mass is 10.1. The molecule has 1 amide bonds. The van der Waals surface area contributed by atoms with E-state index in [9.17, 15) is 18.0 Å². The minimum atomic E-state index is -4.52. The van der Waals surface area contributed by atoms with Crippen molar-refractivity contribution in [2.75, 3.05) is 23.3 Å². The van der Waals surface area contributed by atoms with Crippen molar-refractivity contribution in [2.45, 2.75) is 32.2 Å². The van der Waals surface area contributed by atoms with Crippen LogP contribution in [-0.4, -0.2) is 31.2 Å². The lowest BCUT2D eigenvalue weighted by Crippen LogP contribution is -2.46. The van der Waals surface area contributed by atoms with E-state index in [-0.39, 0.29) is 23.6 Å². The molecule has 0 saturated carbocycles. The SMILES string of the molecule is C=CC(=O)Nc1ccc(N2C[C@@H](C)O[C@@H](C)C2)c(C(F)(F)F)c1. The number of hydrogen-bond acceptors (Lipinski definition) is 3. The topological polar surface area (TPSA) is 41.6 Å². The number of halogens is 3. The Morgan fingerprint density at radius 1 is 1.35 bits per heavy atom. The number of alkyl halides is 3. The Morgan fingerprint density at radius 2 is 1.96 bits per heavy atom. The number of ether oxygens (including phenoxy) is 1. The van der Waals surface area contributed by atoms with E-state index in [0.29, 0.717) is 13.1 Å². The highest BCUT2D eigenvalue weighted by Crippen LogP contribution is 2.39. The highest BCUT2D eigenvalue weighted by molar-refractivity contribution is 5.99. The number of carbonyl (C=O) groups is 1. The van der Waals surface area contributed by atoms with Crippen molar-refractivity contribution >= 4 is 17.3 Å². The van der Waals surface area contributed by atoms with Gasteiger partial charge in [0.1, 0.15) is 0 Å². The van der Waals surface area contributed by atoms with Crippen LogP contribution in [0.4, 0.5) is 24.5 Å². The second-order valence-electron chi connectivity index (χ2n) is 5.59. The zero-order valence-electron chi connectivity index (χ0n) is 13.0. The number of nitrogens with one attached hydrogen (secondary N) is 1. The van der Waals surface area contributed by atoms with Gasteiger partial charge in [0.2, 0.25) is 5.91 Å². The molecule has 1 aromatic carbocycles. The van der Waals surface area contributed by atoms with Crippen LogP contribution < -0.4 is 10.2 Å². The molecule has 0 bridgehead atoms. The summed E-state index contributed by atoms with van der Waals surface area (Å²) >= 11 is 0. The average molecular weight is 328 g/mol. The molecule has 1 aliphatic heterocycles. The van der Waals surface area contributed by atoms with Crippen LogP contribution in [0.5, 0.6) is 0 Å². The van der Waals surface area contributed by atoms with Crippen LogP contribution in [0.25, 0.3) is 0 Å². The molecule has 0 radical (unpaired) electrons. The molecule has 1 saturated heterocycles. The summed E-state index contributed by atoms with van der Waals surface area (Å²) in [7, 11) is 0. The zero-order valence-corrected chi connectivity index (χ0v) is 13.0. The number of rotatable bonds is 3. The van der Waals surface area contributed by atoms with Gasteiger partial charge in [-0.1, -0.05) is 6.58 Å². The quantitative estimate of drug-likeness (QED) is 0.864. The lowest BCUT2D eigenvalue weighted by molar-refractivity contribution is -0.137. The van der Waals surface area contributed by atoms with E-state index >= 15 is 0 Å². The van der Waals surface area contributed by atoms with E-state index in [1.165, 1.54) is 12.1 Å². The molecule has 0 aliphatic carbocycles. The molecule has 1 aliphatic rings. The molecule has 1 fully saturated rings. The standard InChI is InChI=1S/C16H19F3N2O2/c1-4-15(22)20-12-5-6-14(13(7-12)16(17,18)19)21-8-10(2)23-11(3)9-21/h4-7,10-11H,1,8-9H2,2-3H3,(H,20,22)/t10-,11+. The molecule has 1 aromatic rings. The first kappa shape index (κ1) is 17.3.